The van der Waals surface area contributed by atoms with Gasteiger partial charge in [-0.25, -0.2) is 0 Å². The first kappa shape index (κ1) is 11.9. The van der Waals surface area contributed by atoms with E-state index in [-0.39, 0.29) is 0 Å². The molecule has 2 rings (SSSR count). The standard InChI is InChI=1S/C12H12Br2N2/c1-3-16-8(2)11(14)12(15-16)9-4-6-10(13)7-5-9/h4-7H,3H2,1-2H3. The summed E-state index contributed by atoms with van der Waals surface area (Å²) in [6.45, 7) is 5.06. The van der Waals surface area contributed by atoms with Crippen LogP contribution in [0.3, 0.4) is 0 Å². The van der Waals surface area contributed by atoms with Gasteiger partial charge in [0.1, 0.15) is 5.69 Å². The highest BCUT2D eigenvalue weighted by atomic mass is 79.9. The van der Waals surface area contributed by atoms with Gasteiger partial charge in [0, 0.05) is 16.6 Å². The van der Waals surface area contributed by atoms with Crippen LogP contribution in [-0.2, 0) is 6.54 Å². The Morgan fingerprint density at radius 2 is 1.81 bits per heavy atom. The molecular formula is C12H12Br2N2. The summed E-state index contributed by atoms with van der Waals surface area (Å²) >= 11 is 7.03. The molecule has 84 valence electrons. The summed E-state index contributed by atoms with van der Waals surface area (Å²) in [6, 6.07) is 8.19. The largest absolute Gasteiger partial charge is 0.268 e. The predicted octanol–water partition coefficient (Wildman–Crippen LogP) is 4.40. The van der Waals surface area contributed by atoms with Crippen LogP contribution >= 0.6 is 31.9 Å². The summed E-state index contributed by atoms with van der Waals surface area (Å²) in [5.41, 5.74) is 3.30. The second-order valence-electron chi connectivity index (χ2n) is 3.57. The molecule has 1 heterocycles. The van der Waals surface area contributed by atoms with Crippen molar-refractivity contribution in [2.24, 2.45) is 0 Å². The summed E-state index contributed by atoms with van der Waals surface area (Å²) in [6.07, 6.45) is 0. The van der Waals surface area contributed by atoms with Crippen molar-refractivity contribution >= 4 is 31.9 Å². The van der Waals surface area contributed by atoms with E-state index in [1.165, 1.54) is 5.69 Å². The van der Waals surface area contributed by atoms with Crippen molar-refractivity contribution in [1.29, 1.82) is 0 Å². The fourth-order valence-corrected chi connectivity index (χ4v) is 2.40. The summed E-state index contributed by atoms with van der Waals surface area (Å²) in [5, 5.41) is 4.58. The molecule has 2 aromatic rings. The van der Waals surface area contributed by atoms with E-state index >= 15 is 0 Å². The van der Waals surface area contributed by atoms with Gasteiger partial charge in [-0.2, -0.15) is 5.10 Å². The van der Waals surface area contributed by atoms with Gasteiger partial charge in [-0.05, 0) is 41.9 Å². The molecule has 0 atom stereocenters. The van der Waals surface area contributed by atoms with Crippen molar-refractivity contribution in [2.75, 3.05) is 0 Å². The van der Waals surface area contributed by atoms with E-state index in [1.54, 1.807) is 0 Å². The van der Waals surface area contributed by atoms with Gasteiger partial charge in [0.25, 0.3) is 0 Å². The molecule has 0 radical (unpaired) electrons. The zero-order valence-corrected chi connectivity index (χ0v) is 12.3. The predicted molar refractivity (Wildman–Crippen MR) is 73.5 cm³/mol. The highest BCUT2D eigenvalue weighted by molar-refractivity contribution is 9.10. The summed E-state index contributed by atoms with van der Waals surface area (Å²) in [7, 11) is 0. The first-order valence-corrected chi connectivity index (χ1v) is 6.71. The van der Waals surface area contributed by atoms with Crippen molar-refractivity contribution in [2.45, 2.75) is 20.4 Å². The van der Waals surface area contributed by atoms with Crippen LogP contribution in [0.4, 0.5) is 0 Å². The number of hydrogen-bond donors (Lipinski definition) is 0. The van der Waals surface area contributed by atoms with Crippen LogP contribution in [0.15, 0.2) is 33.2 Å². The number of aryl methyl sites for hydroxylation is 1. The van der Waals surface area contributed by atoms with E-state index in [0.29, 0.717) is 0 Å². The molecule has 0 aliphatic heterocycles. The molecule has 0 bridgehead atoms. The van der Waals surface area contributed by atoms with Crippen LogP contribution < -0.4 is 0 Å². The third kappa shape index (κ3) is 2.09. The maximum absolute atomic E-state index is 4.58. The van der Waals surface area contributed by atoms with Gasteiger partial charge in [0.15, 0.2) is 0 Å². The van der Waals surface area contributed by atoms with Crippen LogP contribution in [0.1, 0.15) is 12.6 Å². The molecular weight excluding hydrogens is 332 g/mol. The number of aromatic nitrogens is 2. The lowest BCUT2D eigenvalue weighted by molar-refractivity contribution is 0.641. The molecule has 4 heteroatoms. The smallest absolute Gasteiger partial charge is 0.107 e. The second kappa shape index (κ2) is 4.72. The van der Waals surface area contributed by atoms with Crippen molar-refractivity contribution < 1.29 is 0 Å². The van der Waals surface area contributed by atoms with E-state index in [9.17, 15) is 0 Å². The minimum atomic E-state index is 0.890. The first-order valence-electron chi connectivity index (χ1n) is 5.12. The Morgan fingerprint density at radius 1 is 1.19 bits per heavy atom. The number of hydrogen-bond acceptors (Lipinski definition) is 1. The highest BCUT2D eigenvalue weighted by Gasteiger charge is 2.12. The molecule has 0 N–H and O–H groups in total. The minimum absolute atomic E-state index is 0.890. The number of nitrogens with zero attached hydrogens (tertiary/aromatic N) is 2. The second-order valence-corrected chi connectivity index (χ2v) is 5.28. The van der Waals surface area contributed by atoms with E-state index in [1.807, 2.05) is 16.8 Å². The molecule has 0 saturated heterocycles. The van der Waals surface area contributed by atoms with E-state index < -0.39 is 0 Å². The molecule has 0 fully saturated rings. The van der Waals surface area contributed by atoms with Gasteiger partial charge in [0.05, 0.1) is 10.2 Å². The number of benzene rings is 1. The molecule has 0 amide bonds. The maximum Gasteiger partial charge on any atom is 0.107 e. The molecule has 1 aromatic heterocycles. The van der Waals surface area contributed by atoms with Crippen LogP contribution in [0, 0.1) is 6.92 Å². The van der Waals surface area contributed by atoms with Crippen LogP contribution in [-0.4, -0.2) is 9.78 Å². The SMILES string of the molecule is CCn1nc(-c2ccc(Br)cc2)c(Br)c1C. The molecule has 0 unspecified atom stereocenters. The van der Waals surface area contributed by atoms with Gasteiger partial charge in [-0.15, -0.1) is 0 Å². The van der Waals surface area contributed by atoms with Crippen molar-refractivity contribution in [3.8, 4) is 11.3 Å². The summed E-state index contributed by atoms with van der Waals surface area (Å²) in [4.78, 5) is 0. The third-order valence-electron chi connectivity index (χ3n) is 2.55. The van der Waals surface area contributed by atoms with Gasteiger partial charge < -0.3 is 0 Å². The molecule has 0 aliphatic rings. The molecule has 0 saturated carbocycles. The van der Waals surface area contributed by atoms with Crippen molar-refractivity contribution in [1.82, 2.24) is 9.78 Å². The zero-order chi connectivity index (χ0) is 11.7. The van der Waals surface area contributed by atoms with Gasteiger partial charge in [-0.1, -0.05) is 28.1 Å². The average Bonchev–Trinajstić information content (AvgIpc) is 2.57. The van der Waals surface area contributed by atoms with Crippen LogP contribution in [0.25, 0.3) is 11.3 Å². The summed E-state index contributed by atoms with van der Waals surface area (Å²) < 4.78 is 4.16. The Morgan fingerprint density at radius 3 is 2.31 bits per heavy atom. The van der Waals surface area contributed by atoms with Crippen LogP contribution in [0.5, 0.6) is 0 Å². The van der Waals surface area contributed by atoms with Gasteiger partial charge >= 0.3 is 0 Å². The molecule has 1 aromatic carbocycles. The Hall–Kier alpha value is -0.610. The Bertz CT molecular complexity index is 500. The number of rotatable bonds is 2. The molecule has 16 heavy (non-hydrogen) atoms. The number of halogens is 2. The van der Waals surface area contributed by atoms with E-state index in [2.05, 4.69) is 62.9 Å². The monoisotopic (exact) mass is 342 g/mol. The van der Waals surface area contributed by atoms with E-state index in [0.717, 1.165) is 26.7 Å². The maximum atomic E-state index is 4.58. The van der Waals surface area contributed by atoms with Crippen molar-refractivity contribution in [3.05, 3.63) is 38.9 Å². The Kier molecular flexibility index (Phi) is 3.50. The first-order chi connectivity index (χ1) is 7.63. The van der Waals surface area contributed by atoms with E-state index in [4.69, 9.17) is 0 Å². The lowest BCUT2D eigenvalue weighted by atomic mass is 10.1. The normalized spacial score (nSPS) is 10.8. The highest BCUT2D eigenvalue weighted by Crippen LogP contribution is 2.30. The molecule has 0 aliphatic carbocycles. The van der Waals surface area contributed by atoms with Gasteiger partial charge in [0.2, 0.25) is 0 Å². The lowest BCUT2D eigenvalue weighted by Crippen LogP contribution is -1.98. The quantitative estimate of drug-likeness (QED) is 0.790. The summed E-state index contributed by atoms with van der Waals surface area (Å²) in [5.74, 6) is 0. The fourth-order valence-electron chi connectivity index (χ4n) is 1.62. The van der Waals surface area contributed by atoms with Crippen LogP contribution in [0.2, 0.25) is 0 Å². The zero-order valence-electron chi connectivity index (χ0n) is 9.17. The van der Waals surface area contributed by atoms with Gasteiger partial charge in [-0.3, -0.25) is 4.68 Å². The topological polar surface area (TPSA) is 17.8 Å². The molecule has 2 nitrogen and oxygen atoms in total. The fraction of sp³-hybridized carbons (Fsp3) is 0.250. The lowest BCUT2D eigenvalue weighted by Gasteiger charge is -1.98. The third-order valence-corrected chi connectivity index (χ3v) is 4.03. The Balaban J connectivity index is 2.52. The van der Waals surface area contributed by atoms with Crippen molar-refractivity contribution in [3.63, 3.8) is 0 Å². The molecule has 0 spiro atoms. The Labute approximate surface area is 112 Å². The minimum Gasteiger partial charge on any atom is -0.268 e. The average molecular weight is 344 g/mol.